The Hall–Kier alpha value is -3.26. The van der Waals surface area contributed by atoms with E-state index in [2.05, 4.69) is 48.5 Å². The number of carbonyl (C=O) groups excluding carboxylic acids is 3. The highest BCUT2D eigenvalue weighted by Crippen LogP contribution is 2.20. The van der Waals surface area contributed by atoms with Crippen molar-refractivity contribution >= 4 is 103 Å². The Morgan fingerprint density at radius 1 is 0.750 bits per heavy atom. The predicted molar refractivity (Wildman–Crippen MR) is 206 cm³/mol. The van der Waals surface area contributed by atoms with Gasteiger partial charge in [0.15, 0.2) is 6.20 Å². The summed E-state index contributed by atoms with van der Waals surface area (Å²) in [6.07, 6.45) is 5.76. The van der Waals surface area contributed by atoms with E-state index in [4.69, 9.17) is 19.5 Å². The molecule has 0 aliphatic rings. The number of nitriles is 1. The molecule has 0 spiro atoms. The SMILES string of the molecule is CC(C)(C)OC(=O)Nc1c[n+]([O-])ccc1I.CC(C)(C)OC(=O)Nc1cnc(C#N)cc1I.CC(C)(C)OC(=O)Nc1cnccc1I. The van der Waals surface area contributed by atoms with Gasteiger partial charge in [-0.2, -0.15) is 9.99 Å². The van der Waals surface area contributed by atoms with Crippen molar-refractivity contribution in [2.45, 2.75) is 79.1 Å². The normalized spacial score (nSPS) is 10.8. The highest BCUT2D eigenvalue weighted by Gasteiger charge is 2.19. The molecule has 0 saturated heterocycles. The van der Waals surface area contributed by atoms with Crippen LogP contribution in [0.1, 0.15) is 68.0 Å². The van der Waals surface area contributed by atoms with E-state index < -0.39 is 35.1 Å². The predicted octanol–water partition coefficient (Wildman–Crippen LogP) is 8.21. The summed E-state index contributed by atoms with van der Waals surface area (Å²) >= 11 is 6.16. The van der Waals surface area contributed by atoms with Crippen LogP contribution < -0.4 is 20.7 Å². The molecule has 48 heavy (non-hydrogen) atoms. The number of hydrogen-bond acceptors (Lipinski definition) is 10. The second-order valence-electron chi connectivity index (χ2n) is 12.5. The Kier molecular flexibility index (Phi) is 17.0. The molecule has 3 aromatic rings. The number of carbonyl (C=O) groups is 3. The lowest BCUT2D eigenvalue weighted by Gasteiger charge is -2.19. The Morgan fingerprint density at radius 2 is 1.19 bits per heavy atom. The molecule has 0 radical (unpaired) electrons. The molecule has 0 aliphatic heterocycles. The molecule has 3 aromatic heterocycles. The van der Waals surface area contributed by atoms with Gasteiger partial charge in [-0.3, -0.25) is 20.9 Å². The quantitative estimate of drug-likeness (QED) is 0.0998. The van der Waals surface area contributed by atoms with Crippen molar-refractivity contribution in [2.24, 2.45) is 0 Å². The van der Waals surface area contributed by atoms with Crippen molar-refractivity contribution in [1.82, 2.24) is 9.97 Å². The van der Waals surface area contributed by atoms with Crippen LogP contribution in [0.2, 0.25) is 0 Å². The number of ether oxygens (including phenoxy) is 3. The zero-order chi connectivity index (χ0) is 36.9. The fourth-order valence-electron chi connectivity index (χ4n) is 2.85. The summed E-state index contributed by atoms with van der Waals surface area (Å²) in [6.45, 7) is 16.1. The summed E-state index contributed by atoms with van der Waals surface area (Å²) in [5, 5.41) is 27.4. The van der Waals surface area contributed by atoms with E-state index in [1.807, 2.05) is 78.1 Å². The topological polar surface area (TPSA) is 192 Å². The second kappa shape index (κ2) is 19.1. The Balaban J connectivity index is 0.000000361. The third-order valence-corrected chi connectivity index (χ3v) is 7.30. The van der Waals surface area contributed by atoms with Crippen molar-refractivity contribution in [2.75, 3.05) is 16.0 Å². The molecule has 0 unspecified atom stereocenters. The van der Waals surface area contributed by atoms with Crippen molar-refractivity contribution < 1.29 is 33.3 Å². The summed E-state index contributed by atoms with van der Waals surface area (Å²) in [6, 6.07) is 6.94. The maximum Gasteiger partial charge on any atom is 0.412 e. The fourth-order valence-corrected chi connectivity index (χ4v) is 4.29. The standard InChI is InChI=1S/C11H12IN3O2.C10H13IN2O3.C10H13IN2O2/c1-11(2,3)17-10(16)15-9-6-14-7(5-13)4-8(9)12;1-10(2,3)16-9(14)12-8-6-13(15)5-4-7(8)11;1-10(2,3)15-9(14)13-8-6-12-5-4-7(8)11/h4,6H,1-3H3,(H,15,16);4-6H,1-3H3,(H,12,14);4-6H,1-3H3,(H,13,14). The molecule has 3 amide bonds. The van der Waals surface area contributed by atoms with Crippen LogP contribution in [0, 0.1) is 27.2 Å². The fraction of sp³-hybridized carbons (Fsp3) is 0.387. The first kappa shape index (κ1) is 42.8. The lowest BCUT2D eigenvalue weighted by Crippen LogP contribution is -2.30. The van der Waals surface area contributed by atoms with Gasteiger partial charge >= 0.3 is 18.3 Å². The van der Waals surface area contributed by atoms with E-state index in [0.717, 1.165) is 10.7 Å². The van der Waals surface area contributed by atoms with E-state index in [-0.39, 0.29) is 0 Å². The minimum absolute atomic E-state index is 0.309. The molecule has 260 valence electrons. The zero-order valence-electron chi connectivity index (χ0n) is 27.9. The lowest BCUT2D eigenvalue weighted by atomic mass is 10.2. The van der Waals surface area contributed by atoms with E-state index in [9.17, 15) is 19.6 Å². The van der Waals surface area contributed by atoms with Crippen molar-refractivity contribution in [3.8, 4) is 6.07 Å². The van der Waals surface area contributed by atoms with E-state index in [1.165, 1.54) is 18.6 Å². The molecular weight excluding hydrogens is 963 g/mol. The van der Waals surface area contributed by atoms with Gasteiger partial charge in [0.1, 0.15) is 34.3 Å². The van der Waals surface area contributed by atoms with Gasteiger partial charge in [0.2, 0.25) is 6.20 Å². The number of nitrogens with one attached hydrogen (secondary N) is 3. The van der Waals surface area contributed by atoms with Gasteiger partial charge in [0.05, 0.1) is 23.8 Å². The van der Waals surface area contributed by atoms with Crippen molar-refractivity contribution in [1.29, 1.82) is 5.26 Å². The Morgan fingerprint density at radius 3 is 1.60 bits per heavy atom. The van der Waals surface area contributed by atoms with Gasteiger partial charge in [-0.15, -0.1) is 0 Å². The van der Waals surface area contributed by atoms with E-state index in [1.54, 1.807) is 66.1 Å². The van der Waals surface area contributed by atoms with Crippen LogP contribution in [-0.2, 0) is 14.2 Å². The minimum Gasteiger partial charge on any atom is -0.619 e. The van der Waals surface area contributed by atoms with Gasteiger partial charge in [-0.05, 0) is 142 Å². The van der Waals surface area contributed by atoms with E-state index in [0.29, 0.717) is 27.5 Å². The Labute approximate surface area is 321 Å². The zero-order valence-corrected chi connectivity index (χ0v) is 34.4. The van der Waals surface area contributed by atoms with Crippen LogP contribution in [0.15, 0.2) is 49.2 Å². The average molecular weight is 1000 g/mol. The monoisotopic (exact) mass is 1000 g/mol. The van der Waals surface area contributed by atoms with Crippen LogP contribution in [0.4, 0.5) is 31.4 Å². The number of amides is 3. The largest absolute Gasteiger partial charge is 0.619 e. The van der Waals surface area contributed by atoms with Gasteiger partial charge in [0.25, 0.3) is 0 Å². The molecule has 0 atom stereocenters. The van der Waals surface area contributed by atoms with Crippen LogP contribution >= 0.6 is 67.8 Å². The molecule has 3 N–H and O–H groups in total. The molecule has 3 rings (SSSR count). The van der Waals surface area contributed by atoms with E-state index >= 15 is 0 Å². The van der Waals surface area contributed by atoms with Gasteiger partial charge < -0.3 is 19.4 Å². The summed E-state index contributed by atoms with van der Waals surface area (Å²) in [5.41, 5.74) is 0.341. The summed E-state index contributed by atoms with van der Waals surface area (Å²) in [7, 11) is 0. The van der Waals surface area contributed by atoms with Gasteiger partial charge in [-0.25, -0.2) is 19.4 Å². The first-order valence-electron chi connectivity index (χ1n) is 14.0. The highest BCUT2D eigenvalue weighted by atomic mass is 127. The molecule has 17 heteroatoms. The number of hydrogen-bond donors (Lipinski definition) is 3. The van der Waals surface area contributed by atoms with Crippen LogP contribution in [-0.4, -0.2) is 45.1 Å². The van der Waals surface area contributed by atoms with Crippen LogP contribution in [0.3, 0.4) is 0 Å². The molecule has 14 nitrogen and oxygen atoms in total. The number of nitrogens with zero attached hydrogens (tertiary/aromatic N) is 4. The summed E-state index contributed by atoms with van der Waals surface area (Å²) in [5.74, 6) is 0. The Bertz CT molecular complexity index is 1610. The number of aromatic nitrogens is 3. The third kappa shape index (κ3) is 18.9. The molecule has 0 saturated carbocycles. The van der Waals surface area contributed by atoms with Gasteiger partial charge in [0, 0.05) is 23.0 Å². The van der Waals surface area contributed by atoms with Crippen molar-refractivity contribution in [3.63, 3.8) is 0 Å². The minimum atomic E-state index is -0.573. The molecule has 3 heterocycles. The summed E-state index contributed by atoms with van der Waals surface area (Å²) in [4.78, 5) is 42.2. The number of halogens is 3. The second-order valence-corrected chi connectivity index (χ2v) is 16.0. The number of pyridine rings is 3. The van der Waals surface area contributed by atoms with Crippen LogP contribution in [0.25, 0.3) is 0 Å². The molecule has 0 aromatic carbocycles. The summed E-state index contributed by atoms with van der Waals surface area (Å²) < 4.78 is 18.3. The van der Waals surface area contributed by atoms with Crippen molar-refractivity contribution in [3.05, 3.63) is 70.8 Å². The smallest absolute Gasteiger partial charge is 0.412 e. The molecular formula is C31H38I3N7O7. The first-order chi connectivity index (χ1) is 22.0. The maximum absolute atomic E-state index is 11.5. The first-order valence-corrected chi connectivity index (χ1v) is 17.2. The molecule has 0 fully saturated rings. The highest BCUT2D eigenvalue weighted by molar-refractivity contribution is 14.1. The lowest BCUT2D eigenvalue weighted by molar-refractivity contribution is -0.604. The van der Waals surface area contributed by atoms with Gasteiger partial charge in [-0.1, -0.05) is 0 Å². The third-order valence-electron chi connectivity index (χ3n) is 4.52. The molecule has 0 bridgehead atoms. The maximum atomic E-state index is 11.5. The number of anilines is 3. The molecule has 0 aliphatic carbocycles. The van der Waals surface area contributed by atoms with Crippen LogP contribution in [0.5, 0.6) is 0 Å². The average Bonchev–Trinajstić information content (AvgIpc) is 2.91. The number of rotatable bonds is 3.